The van der Waals surface area contributed by atoms with Crippen LogP contribution in [0.4, 0.5) is 0 Å². The van der Waals surface area contributed by atoms with Crippen molar-refractivity contribution < 1.29 is 14.4 Å². The Morgan fingerprint density at radius 3 is 2.43 bits per heavy atom. The average Bonchev–Trinajstić information content (AvgIpc) is 3.26. The van der Waals surface area contributed by atoms with Crippen LogP contribution in [-0.4, -0.2) is 99.5 Å². The number of aromatic nitrogens is 2. The lowest BCUT2D eigenvalue weighted by Gasteiger charge is -2.34. The van der Waals surface area contributed by atoms with E-state index in [1.807, 2.05) is 47.1 Å². The van der Waals surface area contributed by atoms with Crippen molar-refractivity contribution in [3.8, 4) is 0 Å². The minimum Gasteiger partial charge on any atom is -0.340 e. The molecule has 0 N–H and O–H groups in total. The molecule has 188 valence electrons. The molecule has 0 aliphatic carbocycles. The summed E-state index contributed by atoms with van der Waals surface area (Å²) in [7, 11) is 0. The number of fused-ring (bicyclic) bond motifs is 1. The van der Waals surface area contributed by atoms with Crippen molar-refractivity contribution >= 4 is 17.7 Å². The summed E-state index contributed by atoms with van der Waals surface area (Å²) < 4.78 is 1.66. The third-order valence-corrected chi connectivity index (χ3v) is 6.96. The number of benzene rings is 1. The summed E-state index contributed by atoms with van der Waals surface area (Å²) in [4.78, 5) is 46.8. The van der Waals surface area contributed by atoms with Gasteiger partial charge in [-0.15, -0.1) is 0 Å². The highest BCUT2D eigenvalue weighted by molar-refractivity contribution is 5.98. The van der Waals surface area contributed by atoms with Gasteiger partial charge >= 0.3 is 0 Å². The maximum Gasteiger partial charge on any atom is 0.274 e. The number of hydrogen-bond acceptors (Lipinski definition) is 5. The Balaban J connectivity index is 1.38. The second-order valence-corrected chi connectivity index (χ2v) is 9.15. The molecule has 2 aromatic rings. The lowest BCUT2D eigenvalue weighted by atomic mass is 10.2. The number of amides is 3. The highest BCUT2D eigenvalue weighted by atomic mass is 16.2. The molecule has 0 atom stereocenters. The maximum absolute atomic E-state index is 13.2. The van der Waals surface area contributed by atoms with E-state index in [1.165, 1.54) is 0 Å². The highest BCUT2D eigenvalue weighted by Crippen LogP contribution is 2.18. The van der Waals surface area contributed by atoms with Gasteiger partial charge in [-0.05, 0) is 25.5 Å². The summed E-state index contributed by atoms with van der Waals surface area (Å²) in [6.45, 7) is 10.9. The summed E-state index contributed by atoms with van der Waals surface area (Å²) in [6.07, 6.45) is 1.07. The standard InChI is InChI=1S/C26H36N6O3/c1-3-28-15-17-30(18-16-28)24(33)11-14-29(4-2)25(34)22-19-23-26(35)31(12-8-13-32(23)27-22)20-21-9-6-5-7-10-21/h5-7,9-10,19H,3-4,8,11-18,20H2,1-2H3. The van der Waals surface area contributed by atoms with E-state index in [0.29, 0.717) is 44.8 Å². The van der Waals surface area contributed by atoms with Crippen LogP contribution in [0.25, 0.3) is 0 Å². The molecule has 3 amide bonds. The van der Waals surface area contributed by atoms with E-state index < -0.39 is 0 Å². The Kier molecular flexibility index (Phi) is 8.17. The highest BCUT2D eigenvalue weighted by Gasteiger charge is 2.28. The van der Waals surface area contributed by atoms with Gasteiger partial charge in [-0.3, -0.25) is 19.1 Å². The van der Waals surface area contributed by atoms with Crippen LogP contribution in [0.5, 0.6) is 0 Å². The number of piperazine rings is 1. The Morgan fingerprint density at radius 1 is 1.00 bits per heavy atom. The molecule has 9 nitrogen and oxygen atoms in total. The number of aryl methyl sites for hydroxylation is 1. The smallest absolute Gasteiger partial charge is 0.274 e. The van der Waals surface area contributed by atoms with Crippen molar-refractivity contribution in [2.45, 2.75) is 39.8 Å². The fraction of sp³-hybridized carbons (Fsp3) is 0.538. The van der Waals surface area contributed by atoms with Crippen molar-refractivity contribution in [2.75, 3.05) is 52.4 Å². The van der Waals surface area contributed by atoms with E-state index in [2.05, 4.69) is 16.9 Å². The van der Waals surface area contributed by atoms with Crippen LogP contribution < -0.4 is 0 Å². The van der Waals surface area contributed by atoms with Crippen LogP contribution >= 0.6 is 0 Å². The third-order valence-electron chi connectivity index (χ3n) is 6.96. The van der Waals surface area contributed by atoms with E-state index in [4.69, 9.17) is 0 Å². The minimum atomic E-state index is -0.237. The molecule has 1 fully saturated rings. The Bertz CT molecular complexity index is 1030. The lowest BCUT2D eigenvalue weighted by Crippen LogP contribution is -2.49. The fourth-order valence-corrected chi connectivity index (χ4v) is 4.76. The molecule has 35 heavy (non-hydrogen) atoms. The van der Waals surface area contributed by atoms with E-state index >= 15 is 0 Å². The van der Waals surface area contributed by atoms with Crippen LogP contribution in [0.15, 0.2) is 36.4 Å². The molecule has 0 unspecified atom stereocenters. The normalized spacial score (nSPS) is 16.7. The van der Waals surface area contributed by atoms with Crippen molar-refractivity contribution in [1.82, 2.24) is 29.4 Å². The largest absolute Gasteiger partial charge is 0.340 e. The van der Waals surface area contributed by atoms with Gasteiger partial charge < -0.3 is 19.6 Å². The van der Waals surface area contributed by atoms with Crippen LogP contribution in [0.2, 0.25) is 0 Å². The van der Waals surface area contributed by atoms with Crippen LogP contribution in [0.3, 0.4) is 0 Å². The van der Waals surface area contributed by atoms with Crippen LogP contribution in [-0.2, 0) is 17.9 Å². The van der Waals surface area contributed by atoms with Gasteiger partial charge in [0.25, 0.3) is 11.8 Å². The van der Waals surface area contributed by atoms with E-state index in [-0.39, 0.29) is 23.4 Å². The first-order valence-electron chi connectivity index (χ1n) is 12.7. The van der Waals surface area contributed by atoms with Gasteiger partial charge in [0, 0.05) is 71.4 Å². The second kappa shape index (κ2) is 11.5. The van der Waals surface area contributed by atoms with Gasteiger partial charge in [0.1, 0.15) is 5.69 Å². The molecular formula is C26H36N6O3. The van der Waals surface area contributed by atoms with E-state index in [1.54, 1.807) is 15.6 Å². The van der Waals surface area contributed by atoms with Gasteiger partial charge in [-0.25, -0.2) is 0 Å². The first-order valence-corrected chi connectivity index (χ1v) is 12.7. The average molecular weight is 481 g/mol. The molecule has 0 saturated carbocycles. The second-order valence-electron chi connectivity index (χ2n) is 9.15. The predicted octanol–water partition coefficient (Wildman–Crippen LogP) is 1.95. The topological polar surface area (TPSA) is 82.0 Å². The molecule has 3 heterocycles. The van der Waals surface area contributed by atoms with Crippen LogP contribution in [0.1, 0.15) is 53.2 Å². The fourth-order valence-electron chi connectivity index (χ4n) is 4.76. The number of hydrogen-bond donors (Lipinski definition) is 0. The first kappa shape index (κ1) is 24.9. The summed E-state index contributed by atoms with van der Waals surface area (Å²) >= 11 is 0. The summed E-state index contributed by atoms with van der Waals surface area (Å²) in [5, 5.41) is 4.48. The van der Waals surface area contributed by atoms with E-state index in [0.717, 1.165) is 44.7 Å². The quantitative estimate of drug-likeness (QED) is 0.577. The molecular weight excluding hydrogens is 444 g/mol. The molecule has 0 bridgehead atoms. The maximum atomic E-state index is 13.2. The molecule has 1 saturated heterocycles. The molecule has 9 heteroatoms. The van der Waals surface area contributed by atoms with Gasteiger partial charge in [-0.1, -0.05) is 37.3 Å². The molecule has 0 radical (unpaired) electrons. The number of carbonyl (C=O) groups excluding carboxylic acids is 3. The SMILES string of the molecule is CCN1CCN(C(=O)CCN(CC)C(=O)c2cc3n(n2)CCCN(Cc2ccccc2)C3=O)CC1. The number of likely N-dealkylation sites (N-methyl/N-ethyl adjacent to an activating group) is 1. The third kappa shape index (κ3) is 5.90. The van der Waals surface area contributed by atoms with Crippen molar-refractivity contribution in [1.29, 1.82) is 0 Å². The Hall–Kier alpha value is -3.20. The zero-order chi connectivity index (χ0) is 24.8. The first-order chi connectivity index (χ1) is 17.0. The number of nitrogens with zero attached hydrogens (tertiary/aromatic N) is 6. The molecule has 0 spiro atoms. The van der Waals surface area contributed by atoms with Gasteiger partial charge in [0.05, 0.1) is 0 Å². The van der Waals surface area contributed by atoms with Crippen molar-refractivity contribution in [3.63, 3.8) is 0 Å². The summed E-state index contributed by atoms with van der Waals surface area (Å²) in [5.74, 6) is -0.263. The Morgan fingerprint density at radius 2 is 1.74 bits per heavy atom. The summed E-state index contributed by atoms with van der Waals surface area (Å²) in [5.41, 5.74) is 1.78. The van der Waals surface area contributed by atoms with E-state index in [9.17, 15) is 14.4 Å². The van der Waals surface area contributed by atoms with Gasteiger partial charge in [-0.2, -0.15) is 5.10 Å². The molecule has 1 aromatic heterocycles. The van der Waals surface area contributed by atoms with Crippen molar-refractivity contribution in [2.24, 2.45) is 0 Å². The number of carbonyl (C=O) groups is 3. The zero-order valence-corrected chi connectivity index (χ0v) is 20.9. The number of rotatable bonds is 8. The molecule has 2 aliphatic heterocycles. The molecule has 2 aliphatic rings. The van der Waals surface area contributed by atoms with Crippen molar-refractivity contribution in [3.05, 3.63) is 53.3 Å². The lowest BCUT2D eigenvalue weighted by molar-refractivity contribution is -0.133. The predicted molar refractivity (Wildman–Crippen MR) is 133 cm³/mol. The Labute approximate surface area is 207 Å². The molecule has 1 aromatic carbocycles. The van der Waals surface area contributed by atoms with Crippen LogP contribution in [0, 0.1) is 0 Å². The van der Waals surface area contributed by atoms with Gasteiger partial charge in [0.15, 0.2) is 5.69 Å². The summed E-state index contributed by atoms with van der Waals surface area (Å²) in [6, 6.07) is 11.5. The minimum absolute atomic E-state index is 0.0827. The molecule has 4 rings (SSSR count). The monoisotopic (exact) mass is 480 g/mol. The zero-order valence-electron chi connectivity index (χ0n) is 20.9. The van der Waals surface area contributed by atoms with Gasteiger partial charge in [0.2, 0.25) is 5.91 Å².